The van der Waals surface area contributed by atoms with Crippen molar-refractivity contribution in [1.29, 1.82) is 0 Å². The first-order valence-electron chi connectivity index (χ1n) is 16.7. The maximum atomic E-state index is 6.10. The fourth-order valence-corrected chi connectivity index (χ4v) is 7.77. The fourth-order valence-electron chi connectivity index (χ4n) is 7.51. The summed E-state index contributed by atoms with van der Waals surface area (Å²) in [5.74, 6) is 0. The van der Waals surface area contributed by atoms with Gasteiger partial charge in [0, 0.05) is 44.4 Å². The van der Waals surface area contributed by atoms with Crippen molar-refractivity contribution in [3.05, 3.63) is 154 Å². The van der Waals surface area contributed by atoms with E-state index in [-0.39, 0.29) is 10.8 Å². The van der Waals surface area contributed by atoms with Gasteiger partial charge in [0.2, 0.25) is 0 Å². The largest absolute Gasteiger partial charge is 0.317 e. The van der Waals surface area contributed by atoms with E-state index >= 15 is 0 Å². The quantitative estimate of drug-likeness (QED) is 0.142. The predicted octanol–water partition coefficient (Wildman–Crippen LogP) is 8.80. The molecule has 0 spiro atoms. The van der Waals surface area contributed by atoms with Crippen LogP contribution in [-0.4, -0.2) is 46.6 Å². The first kappa shape index (κ1) is 32.4. The number of piperidine rings is 2. The van der Waals surface area contributed by atoms with Crippen molar-refractivity contribution in [1.82, 2.24) is 31.0 Å². The minimum atomic E-state index is 0.0603. The van der Waals surface area contributed by atoms with Gasteiger partial charge in [-0.25, -0.2) is 0 Å². The molecule has 2 fully saturated rings. The number of halogens is 2. The van der Waals surface area contributed by atoms with E-state index in [2.05, 4.69) is 104 Å². The monoisotopic (exact) mass is 674 g/mol. The summed E-state index contributed by atoms with van der Waals surface area (Å²) < 4.78 is 0. The van der Waals surface area contributed by atoms with Crippen molar-refractivity contribution >= 4 is 23.2 Å². The molecule has 8 heteroatoms. The molecule has 48 heavy (non-hydrogen) atoms. The van der Waals surface area contributed by atoms with E-state index in [9.17, 15) is 0 Å². The van der Waals surface area contributed by atoms with Gasteiger partial charge < -0.3 is 10.6 Å². The number of rotatable bonds is 6. The second-order valence-electron chi connectivity index (χ2n) is 12.8. The van der Waals surface area contributed by atoms with Crippen molar-refractivity contribution < 1.29 is 0 Å². The van der Waals surface area contributed by atoms with Crippen LogP contribution in [0.2, 0.25) is 10.0 Å². The van der Waals surface area contributed by atoms with Crippen LogP contribution in [0.5, 0.6) is 0 Å². The number of benzene rings is 4. The molecule has 0 bridgehead atoms. The molecule has 4 heterocycles. The van der Waals surface area contributed by atoms with Crippen LogP contribution < -0.4 is 10.6 Å². The zero-order valence-electron chi connectivity index (χ0n) is 26.9. The van der Waals surface area contributed by atoms with Crippen LogP contribution in [0.3, 0.4) is 0 Å². The Bertz CT molecular complexity index is 1710. The van der Waals surface area contributed by atoms with E-state index in [1.54, 1.807) is 0 Å². The van der Waals surface area contributed by atoms with Gasteiger partial charge in [0.25, 0.3) is 0 Å². The van der Waals surface area contributed by atoms with Crippen LogP contribution in [0, 0.1) is 0 Å². The summed E-state index contributed by atoms with van der Waals surface area (Å²) >= 11 is 12.2. The topological polar surface area (TPSA) is 81.4 Å². The van der Waals surface area contributed by atoms with Gasteiger partial charge in [-0.1, -0.05) is 96.0 Å². The molecule has 8 rings (SSSR count). The molecule has 0 atom stereocenters. The summed E-state index contributed by atoms with van der Waals surface area (Å²) in [6.07, 6.45) is 11.9. The second kappa shape index (κ2) is 14.5. The molecule has 6 nitrogen and oxygen atoms in total. The van der Waals surface area contributed by atoms with Crippen molar-refractivity contribution in [2.45, 2.75) is 36.5 Å². The van der Waals surface area contributed by atoms with Crippen molar-refractivity contribution in [3.63, 3.8) is 0 Å². The molecule has 2 aromatic heterocycles. The molecule has 0 radical (unpaired) electrons. The number of hydrogen-bond acceptors (Lipinski definition) is 4. The van der Waals surface area contributed by atoms with Crippen LogP contribution in [0.15, 0.2) is 122 Å². The van der Waals surface area contributed by atoms with Crippen molar-refractivity contribution in [2.75, 3.05) is 26.2 Å². The number of nitrogens with zero attached hydrogens (tertiary/aromatic N) is 2. The average molecular weight is 676 g/mol. The molecular formula is C40H40Cl2N6. The van der Waals surface area contributed by atoms with E-state index < -0.39 is 0 Å². The van der Waals surface area contributed by atoms with Crippen molar-refractivity contribution in [3.8, 4) is 22.3 Å². The van der Waals surface area contributed by atoms with Gasteiger partial charge in [-0.05, 0) is 110 Å². The summed E-state index contributed by atoms with van der Waals surface area (Å²) in [5.41, 5.74) is 10.2. The van der Waals surface area contributed by atoms with Gasteiger partial charge in [0.05, 0.1) is 12.4 Å². The normalized spacial score (nSPS) is 16.9. The number of aromatic amines is 2. The Labute approximate surface area is 292 Å². The summed E-state index contributed by atoms with van der Waals surface area (Å²) in [6, 6.07) is 34.6. The molecule has 0 unspecified atom stereocenters. The maximum Gasteiger partial charge on any atom is 0.0565 e. The van der Waals surface area contributed by atoms with E-state index in [1.807, 2.05) is 49.1 Å². The third-order valence-electron chi connectivity index (χ3n) is 10.2. The molecule has 2 aliphatic rings. The lowest BCUT2D eigenvalue weighted by Gasteiger charge is -2.39. The maximum absolute atomic E-state index is 6.10. The Morgan fingerprint density at radius 3 is 1.02 bits per heavy atom. The van der Waals surface area contributed by atoms with Crippen LogP contribution in [0.25, 0.3) is 22.3 Å². The van der Waals surface area contributed by atoms with E-state index in [1.165, 1.54) is 33.4 Å². The summed E-state index contributed by atoms with van der Waals surface area (Å²) in [4.78, 5) is 0. The van der Waals surface area contributed by atoms with Gasteiger partial charge in [-0.3, -0.25) is 10.2 Å². The SMILES string of the molecule is Clc1ccc(C2(c3ccc(-c4cn[nH]c4)cc3)CCNCC2)cc1.Clc1ccc(C2(c3ccc(-c4cn[nH]c4)cc3)CCNCC2)cc1. The number of nitrogens with one attached hydrogen (secondary N) is 4. The minimum absolute atomic E-state index is 0.0603. The molecule has 6 aromatic rings. The van der Waals surface area contributed by atoms with Crippen LogP contribution in [0.4, 0.5) is 0 Å². The lowest BCUT2D eigenvalue weighted by Crippen LogP contribution is -2.40. The highest BCUT2D eigenvalue weighted by molar-refractivity contribution is 6.30. The summed E-state index contributed by atoms with van der Waals surface area (Å²) in [6.45, 7) is 4.14. The Morgan fingerprint density at radius 2 is 0.729 bits per heavy atom. The molecular weight excluding hydrogens is 635 g/mol. The Morgan fingerprint density at radius 1 is 0.417 bits per heavy atom. The fraction of sp³-hybridized carbons (Fsp3) is 0.250. The molecule has 2 saturated heterocycles. The Kier molecular flexibility index (Phi) is 9.78. The van der Waals surface area contributed by atoms with Gasteiger partial charge in [0.1, 0.15) is 0 Å². The van der Waals surface area contributed by atoms with E-state index in [0.717, 1.165) is 73.0 Å². The van der Waals surface area contributed by atoms with Gasteiger partial charge >= 0.3 is 0 Å². The van der Waals surface area contributed by atoms with Gasteiger partial charge in [0.15, 0.2) is 0 Å². The van der Waals surface area contributed by atoms with Crippen LogP contribution >= 0.6 is 23.2 Å². The Hall–Kier alpha value is -4.20. The molecule has 244 valence electrons. The predicted molar refractivity (Wildman–Crippen MR) is 197 cm³/mol. The standard InChI is InChI=1S/2C20H20ClN3/c2*21-19-7-5-18(6-8-19)20(9-11-22-12-10-20)17-3-1-15(2-4-17)16-13-23-24-14-16/h2*1-8,13-14,22H,9-12H2,(H,23,24). The zero-order valence-corrected chi connectivity index (χ0v) is 28.4. The molecule has 0 aliphatic carbocycles. The molecule has 2 aliphatic heterocycles. The molecule has 4 aromatic carbocycles. The molecule has 0 amide bonds. The highest BCUT2D eigenvalue weighted by Gasteiger charge is 2.36. The lowest BCUT2D eigenvalue weighted by atomic mass is 9.68. The van der Waals surface area contributed by atoms with E-state index in [0.29, 0.717) is 0 Å². The van der Waals surface area contributed by atoms with Gasteiger partial charge in [-0.15, -0.1) is 0 Å². The second-order valence-corrected chi connectivity index (χ2v) is 13.7. The first-order valence-corrected chi connectivity index (χ1v) is 17.4. The third kappa shape index (κ3) is 6.71. The average Bonchev–Trinajstić information content (AvgIpc) is 3.90. The van der Waals surface area contributed by atoms with Crippen LogP contribution in [-0.2, 0) is 10.8 Å². The van der Waals surface area contributed by atoms with Crippen molar-refractivity contribution in [2.24, 2.45) is 0 Å². The lowest BCUT2D eigenvalue weighted by molar-refractivity contribution is 0.362. The summed E-state index contributed by atoms with van der Waals surface area (Å²) in [7, 11) is 0. The zero-order chi connectivity index (χ0) is 32.8. The highest BCUT2D eigenvalue weighted by atomic mass is 35.5. The minimum Gasteiger partial charge on any atom is -0.317 e. The third-order valence-corrected chi connectivity index (χ3v) is 10.7. The smallest absolute Gasteiger partial charge is 0.0565 e. The number of H-pyrrole nitrogens is 2. The highest BCUT2D eigenvalue weighted by Crippen LogP contribution is 2.42. The Balaban J connectivity index is 0.000000152. The first-order chi connectivity index (χ1) is 23.6. The molecule has 4 N–H and O–H groups in total. The van der Waals surface area contributed by atoms with E-state index in [4.69, 9.17) is 23.2 Å². The number of hydrogen-bond donors (Lipinski definition) is 4. The molecule has 0 saturated carbocycles. The summed E-state index contributed by atoms with van der Waals surface area (Å²) in [5, 5.41) is 22.4. The van der Waals surface area contributed by atoms with Gasteiger partial charge in [-0.2, -0.15) is 10.2 Å². The van der Waals surface area contributed by atoms with Crippen LogP contribution in [0.1, 0.15) is 47.9 Å². The number of aromatic nitrogens is 4.